The van der Waals surface area contributed by atoms with Gasteiger partial charge in [0.2, 0.25) is 65.0 Å². The van der Waals surface area contributed by atoms with Crippen LogP contribution in [0.5, 0.6) is 0 Å². The van der Waals surface area contributed by atoms with Crippen molar-refractivity contribution in [2.75, 3.05) is 74.7 Å². The molecule has 544 valence electrons. The molecule has 1 unspecified atom stereocenters. The average molecular weight is 1360 g/mol. The van der Waals surface area contributed by atoms with Gasteiger partial charge in [0, 0.05) is 72.4 Å². The summed E-state index contributed by atoms with van der Waals surface area (Å²) in [7, 11) is 10.2. The van der Waals surface area contributed by atoms with Crippen molar-refractivity contribution in [3.63, 3.8) is 0 Å². The summed E-state index contributed by atoms with van der Waals surface area (Å²) in [5.74, 6) is -9.23. The molecule has 24 nitrogen and oxygen atoms in total. The molecule has 2 fully saturated rings. The fourth-order valence-electron chi connectivity index (χ4n) is 13.0. The van der Waals surface area contributed by atoms with Crippen molar-refractivity contribution in [2.24, 2.45) is 35.5 Å². The van der Waals surface area contributed by atoms with Crippen LogP contribution in [-0.2, 0) is 52.7 Å². The zero-order valence-corrected chi connectivity index (χ0v) is 63.9. The number of aliphatic hydroxyl groups excluding tert-OH is 1. The standard InChI is InChI=1S/C70H126N12O12S/c1-28-32-33-45(15)58(83)57-61(86)72-49(29-2)63(88)78(25)54(38-95-70(19,20)39-81(30-3)31-4)66(91)74(21)50(34-40(5)6)60(85)73-55(43(11)12)68(93)77(24)53-37-46(16)82(67(53)92)48(18)59(84)71-47(17)62(87)75(22)51(35-41(7)8)64(89)76(23)52(36-42(9)10)65(90)79(26)56(44(13)14)69(94)80(57)27/h28,32,40-58,83H,29-31,33-39H2,1-27H3,(H,71,84)(H,72,86)(H,73,85)/b32-28+/t45-,46?,47+,48-,49-,50+,51-,52-,53-,54-,55-,56-,57-,58-/m1/s1. The second-order valence-electron chi connectivity index (χ2n) is 29.5. The van der Waals surface area contributed by atoms with Crippen LogP contribution in [0.2, 0.25) is 0 Å². The number of aliphatic hydroxyl groups is 1. The molecule has 0 radical (unpaired) electrons. The van der Waals surface area contributed by atoms with Crippen LogP contribution in [0.15, 0.2) is 12.2 Å². The topological polar surface area (TPSA) is 273 Å². The molecule has 25 heteroatoms. The third kappa shape index (κ3) is 22.3. The van der Waals surface area contributed by atoms with E-state index in [0.29, 0.717) is 13.0 Å². The zero-order valence-electron chi connectivity index (χ0n) is 63.1. The van der Waals surface area contributed by atoms with E-state index < -0.39 is 166 Å². The Labute approximate surface area is 574 Å². The average Bonchev–Trinajstić information content (AvgIpc) is 1.78. The molecular formula is C70H126N12O12S. The largest absolute Gasteiger partial charge is 0.390 e. The molecule has 2 saturated heterocycles. The first kappa shape index (κ1) is 85.3. The van der Waals surface area contributed by atoms with Crippen molar-refractivity contribution in [3.05, 3.63) is 12.2 Å². The Balaban J connectivity index is 3.14. The SMILES string of the molecule is C/C=C/C[C@@H](C)[C@@H](O)[C@@H]1C(=O)N[C@H](CC)C(=O)N(C)[C@H](CSC(C)(C)CN(CC)CC)C(=O)N(C)[C@@H](CC(C)C)C(=O)N[C@H](C(C)C)C(=O)N(C)[C@@H]2CC(C)N(C2=O)[C@H](C)C(=O)N[C@@H](C)C(=O)N(C)[C@H](CC(C)C)C(=O)N(C)[C@H](CC(C)C)C(=O)N(C)[C@H](C(C)C)C(=O)N1C. The number of carbonyl (C=O) groups is 11. The Hall–Kier alpha value is -5.82. The van der Waals surface area contributed by atoms with Crippen molar-refractivity contribution in [2.45, 2.75) is 260 Å². The van der Waals surface area contributed by atoms with E-state index in [-0.39, 0.29) is 55.6 Å². The molecule has 0 aromatic heterocycles. The van der Waals surface area contributed by atoms with Crippen LogP contribution < -0.4 is 16.0 Å². The minimum absolute atomic E-state index is 0.00603. The van der Waals surface area contributed by atoms with Crippen LogP contribution in [0.3, 0.4) is 0 Å². The van der Waals surface area contributed by atoms with Crippen LogP contribution in [0, 0.1) is 35.5 Å². The fourth-order valence-corrected chi connectivity index (χ4v) is 14.3. The van der Waals surface area contributed by atoms with Crippen LogP contribution in [-0.4, -0.2) is 272 Å². The molecule has 0 spiro atoms. The van der Waals surface area contributed by atoms with Gasteiger partial charge in [0.25, 0.3) is 0 Å². The maximum absolute atomic E-state index is 15.6. The number of amides is 11. The summed E-state index contributed by atoms with van der Waals surface area (Å²) in [6.07, 6.45) is 2.99. The van der Waals surface area contributed by atoms with E-state index >= 15 is 33.6 Å². The normalized spacial score (nSPS) is 27.7. The quantitative estimate of drug-likeness (QED) is 0.118. The van der Waals surface area contributed by atoms with Gasteiger partial charge in [0.05, 0.1) is 6.10 Å². The summed E-state index contributed by atoms with van der Waals surface area (Å²) >= 11 is 1.47. The molecule has 2 heterocycles. The van der Waals surface area contributed by atoms with Gasteiger partial charge < -0.3 is 65.2 Å². The molecular weight excluding hydrogens is 1230 g/mol. The highest BCUT2D eigenvalue weighted by atomic mass is 32.2. The van der Waals surface area contributed by atoms with Crippen LogP contribution in [0.1, 0.15) is 177 Å². The van der Waals surface area contributed by atoms with Crippen LogP contribution in [0.25, 0.3) is 0 Å². The number of rotatable bonds is 20. The smallest absolute Gasteiger partial charge is 0.246 e. The van der Waals surface area contributed by atoms with E-state index in [1.54, 1.807) is 54.5 Å². The van der Waals surface area contributed by atoms with Gasteiger partial charge in [-0.3, -0.25) is 52.7 Å². The molecule has 4 N–H and O–H groups in total. The molecule has 0 aromatic carbocycles. The van der Waals surface area contributed by atoms with Crippen molar-refractivity contribution >= 4 is 76.7 Å². The minimum atomic E-state index is -1.64. The number of allylic oxidation sites excluding steroid dienone is 2. The number of hydrogen-bond acceptors (Lipinski definition) is 14. The molecule has 2 bridgehead atoms. The van der Waals surface area contributed by atoms with Gasteiger partial charge in [-0.25, -0.2) is 0 Å². The number of likely N-dealkylation sites (N-methyl/N-ethyl adjacent to an activating group) is 7. The van der Waals surface area contributed by atoms with E-state index in [1.165, 1.54) is 109 Å². The minimum Gasteiger partial charge on any atom is -0.390 e. The highest BCUT2D eigenvalue weighted by Gasteiger charge is 2.49. The monoisotopic (exact) mass is 1360 g/mol. The maximum atomic E-state index is 15.6. The van der Waals surface area contributed by atoms with Crippen molar-refractivity contribution in [1.29, 1.82) is 0 Å². The van der Waals surface area contributed by atoms with Crippen molar-refractivity contribution in [3.8, 4) is 0 Å². The number of hydrogen-bond donors (Lipinski definition) is 4. The van der Waals surface area contributed by atoms with Crippen molar-refractivity contribution < 1.29 is 57.8 Å². The predicted molar refractivity (Wildman–Crippen MR) is 375 cm³/mol. The van der Waals surface area contributed by atoms with Gasteiger partial charge in [0.1, 0.15) is 66.5 Å². The van der Waals surface area contributed by atoms with Gasteiger partial charge in [-0.1, -0.05) is 109 Å². The van der Waals surface area contributed by atoms with Gasteiger partial charge in [-0.05, 0) is 129 Å². The third-order valence-electron chi connectivity index (χ3n) is 19.1. The first-order valence-corrected chi connectivity index (χ1v) is 35.7. The molecule has 14 atom stereocenters. The first-order valence-electron chi connectivity index (χ1n) is 34.7. The lowest BCUT2D eigenvalue weighted by Crippen LogP contribution is -2.64. The van der Waals surface area contributed by atoms with Crippen LogP contribution >= 0.6 is 11.8 Å². The number of nitrogens with one attached hydrogen (secondary N) is 3. The second-order valence-corrected chi connectivity index (χ2v) is 31.2. The summed E-state index contributed by atoms with van der Waals surface area (Å²) in [4.78, 5) is 178. The van der Waals surface area contributed by atoms with Crippen LogP contribution in [0.4, 0.5) is 0 Å². The molecule has 0 aliphatic carbocycles. The van der Waals surface area contributed by atoms with Crippen molar-refractivity contribution in [1.82, 2.24) is 60.0 Å². The Morgan fingerprint density at radius 3 is 1.47 bits per heavy atom. The highest BCUT2D eigenvalue weighted by Crippen LogP contribution is 2.31. The van der Waals surface area contributed by atoms with E-state index in [2.05, 4.69) is 48.5 Å². The molecule has 2 rings (SSSR count). The lowest BCUT2D eigenvalue weighted by Gasteiger charge is -2.42. The third-order valence-corrected chi connectivity index (χ3v) is 20.5. The predicted octanol–water partition coefficient (Wildman–Crippen LogP) is 4.95. The maximum Gasteiger partial charge on any atom is 0.246 e. The Morgan fingerprint density at radius 1 is 0.537 bits per heavy atom. The molecule has 2 aliphatic rings. The van der Waals surface area contributed by atoms with E-state index in [4.69, 9.17) is 0 Å². The molecule has 0 aromatic rings. The molecule has 2 aliphatic heterocycles. The lowest BCUT2D eigenvalue weighted by atomic mass is 9.91. The lowest BCUT2D eigenvalue weighted by molar-refractivity contribution is -0.157. The number of nitrogens with zero attached hydrogens (tertiary/aromatic N) is 9. The van der Waals surface area contributed by atoms with E-state index in [1.807, 2.05) is 54.5 Å². The number of carbonyl (C=O) groups excluding carboxylic acids is 11. The Kier molecular flexibility index (Phi) is 33.9. The summed E-state index contributed by atoms with van der Waals surface area (Å²) in [6.45, 7) is 38.7. The summed E-state index contributed by atoms with van der Waals surface area (Å²) in [5.41, 5.74) is 0. The van der Waals surface area contributed by atoms with Gasteiger partial charge >= 0.3 is 0 Å². The first-order chi connectivity index (χ1) is 43.9. The Morgan fingerprint density at radius 2 is 1.00 bits per heavy atom. The fraction of sp³-hybridized carbons (Fsp3) is 0.814. The molecule has 0 saturated carbocycles. The summed E-state index contributed by atoms with van der Waals surface area (Å²) < 4.78 is -0.462. The van der Waals surface area contributed by atoms with E-state index in [9.17, 15) is 24.3 Å². The van der Waals surface area contributed by atoms with Gasteiger partial charge in [-0.2, -0.15) is 11.8 Å². The highest BCUT2D eigenvalue weighted by molar-refractivity contribution is 8.00. The molecule has 11 amide bonds. The number of thioether (sulfide) groups is 1. The zero-order chi connectivity index (χ0) is 73.3. The molecule has 95 heavy (non-hydrogen) atoms. The Bertz CT molecular complexity index is 2650. The number of fused-ring (bicyclic) bond motifs is 2. The van der Waals surface area contributed by atoms with E-state index in [0.717, 1.165) is 18.0 Å². The van der Waals surface area contributed by atoms with Gasteiger partial charge in [-0.15, -0.1) is 0 Å². The van der Waals surface area contributed by atoms with Gasteiger partial charge in [0.15, 0.2) is 0 Å². The summed E-state index contributed by atoms with van der Waals surface area (Å²) in [6, 6.07) is -14.1. The summed E-state index contributed by atoms with van der Waals surface area (Å²) in [5, 5.41) is 20.9. The second kappa shape index (κ2) is 37.8.